The minimum absolute atomic E-state index is 0.509. The van der Waals surface area contributed by atoms with Gasteiger partial charge in [0.15, 0.2) is 0 Å². The zero-order valence-corrected chi connectivity index (χ0v) is 14.7. The minimum atomic E-state index is 0.509. The Morgan fingerprint density at radius 3 is 2.52 bits per heavy atom. The molecule has 0 radical (unpaired) electrons. The fourth-order valence-corrected chi connectivity index (χ4v) is 3.23. The van der Waals surface area contributed by atoms with Crippen LogP contribution in [-0.2, 0) is 6.54 Å². The first-order valence-electron chi connectivity index (χ1n) is 7.83. The Hall–Kier alpha value is -1.36. The molecule has 1 aromatic carbocycles. The van der Waals surface area contributed by atoms with Gasteiger partial charge in [-0.15, -0.1) is 0 Å². The first-order chi connectivity index (χ1) is 11.1. The molecule has 0 N–H and O–H groups in total. The van der Waals surface area contributed by atoms with E-state index in [-0.39, 0.29) is 0 Å². The molecule has 6 heteroatoms. The number of aromatic nitrogens is 2. The van der Waals surface area contributed by atoms with Crippen LogP contribution in [0.15, 0.2) is 30.3 Å². The lowest BCUT2D eigenvalue weighted by Gasteiger charge is -2.23. The highest BCUT2D eigenvalue weighted by atomic mass is 35.5. The lowest BCUT2D eigenvalue weighted by molar-refractivity contribution is 0.285. The summed E-state index contributed by atoms with van der Waals surface area (Å²) in [5.41, 5.74) is 1.30. The van der Waals surface area contributed by atoms with E-state index in [0.29, 0.717) is 5.15 Å². The monoisotopic (exact) mass is 350 g/mol. The third-order valence-corrected chi connectivity index (χ3v) is 4.47. The van der Waals surface area contributed by atoms with Gasteiger partial charge in [-0.3, -0.25) is 4.90 Å². The minimum Gasteiger partial charge on any atom is -0.355 e. The molecule has 0 aliphatic carbocycles. The van der Waals surface area contributed by atoms with E-state index in [1.807, 2.05) is 25.1 Å². The molecule has 1 fully saturated rings. The Morgan fingerprint density at radius 2 is 1.78 bits per heavy atom. The first kappa shape index (κ1) is 16.5. The van der Waals surface area contributed by atoms with Gasteiger partial charge in [0, 0.05) is 43.8 Å². The molecule has 1 aliphatic heterocycles. The largest absolute Gasteiger partial charge is 0.355 e. The second-order valence-electron chi connectivity index (χ2n) is 5.84. The zero-order chi connectivity index (χ0) is 16.2. The van der Waals surface area contributed by atoms with Crippen LogP contribution in [0.1, 0.15) is 17.8 Å². The molecule has 0 amide bonds. The van der Waals surface area contributed by atoms with Gasteiger partial charge in [0.05, 0.1) is 0 Å². The number of benzene rings is 1. The molecular weight excluding hydrogens is 331 g/mol. The van der Waals surface area contributed by atoms with E-state index in [2.05, 4.69) is 31.9 Å². The van der Waals surface area contributed by atoms with Gasteiger partial charge in [0.1, 0.15) is 16.8 Å². The van der Waals surface area contributed by atoms with Gasteiger partial charge < -0.3 is 4.90 Å². The Balaban J connectivity index is 1.63. The molecule has 1 saturated heterocycles. The lowest BCUT2D eigenvalue weighted by Crippen LogP contribution is -2.31. The summed E-state index contributed by atoms with van der Waals surface area (Å²) in [5, 5.41) is 1.29. The molecule has 122 valence electrons. The van der Waals surface area contributed by atoms with Crippen LogP contribution >= 0.6 is 23.2 Å². The lowest BCUT2D eigenvalue weighted by atomic mass is 10.2. The summed E-state index contributed by atoms with van der Waals surface area (Å²) in [5.74, 6) is 1.64. The predicted octanol–water partition coefficient (Wildman–Crippen LogP) is 3.80. The fourth-order valence-electron chi connectivity index (χ4n) is 2.88. The SMILES string of the molecule is Cc1nc(Cl)cc(N2CCCN(Cc3ccc(Cl)cc3)CC2)n1. The van der Waals surface area contributed by atoms with E-state index in [4.69, 9.17) is 23.2 Å². The Labute approximate surface area is 147 Å². The Bertz CT molecular complexity index is 640. The third kappa shape index (κ3) is 4.56. The van der Waals surface area contributed by atoms with Gasteiger partial charge in [-0.2, -0.15) is 0 Å². The van der Waals surface area contributed by atoms with E-state index in [1.54, 1.807) is 0 Å². The number of hydrogen-bond donors (Lipinski definition) is 0. The van der Waals surface area contributed by atoms with Crippen molar-refractivity contribution in [1.82, 2.24) is 14.9 Å². The maximum absolute atomic E-state index is 6.06. The van der Waals surface area contributed by atoms with Crippen molar-refractivity contribution >= 4 is 29.0 Å². The highest BCUT2D eigenvalue weighted by molar-refractivity contribution is 6.30. The van der Waals surface area contributed by atoms with Crippen molar-refractivity contribution in [2.24, 2.45) is 0 Å². The van der Waals surface area contributed by atoms with E-state index in [9.17, 15) is 0 Å². The summed E-state index contributed by atoms with van der Waals surface area (Å²) < 4.78 is 0. The predicted molar refractivity (Wildman–Crippen MR) is 95.3 cm³/mol. The highest BCUT2D eigenvalue weighted by Gasteiger charge is 2.17. The van der Waals surface area contributed by atoms with Crippen LogP contribution in [0.3, 0.4) is 0 Å². The van der Waals surface area contributed by atoms with Crippen molar-refractivity contribution in [3.8, 4) is 0 Å². The molecular formula is C17H20Cl2N4. The molecule has 0 unspecified atom stereocenters. The van der Waals surface area contributed by atoms with Crippen molar-refractivity contribution in [3.63, 3.8) is 0 Å². The summed E-state index contributed by atoms with van der Waals surface area (Å²) in [6.07, 6.45) is 1.11. The van der Waals surface area contributed by atoms with Crippen LogP contribution in [0.25, 0.3) is 0 Å². The average molecular weight is 351 g/mol. The van der Waals surface area contributed by atoms with Gasteiger partial charge in [-0.05, 0) is 31.0 Å². The van der Waals surface area contributed by atoms with Gasteiger partial charge in [0.2, 0.25) is 0 Å². The van der Waals surface area contributed by atoms with Gasteiger partial charge in [0.25, 0.3) is 0 Å². The van der Waals surface area contributed by atoms with Crippen molar-refractivity contribution in [2.75, 3.05) is 31.1 Å². The summed E-state index contributed by atoms with van der Waals surface area (Å²) >= 11 is 12.0. The smallest absolute Gasteiger partial charge is 0.134 e. The normalized spacial score (nSPS) is 16.4. The quantitative estimate of drug-likeness (QED) is 0.788. The summed E-state index contributed by atoms with van der Waals surface area (Å²) in [6, 6.07) is 9.94. The molecule has 3 rings (SSSR count). The van der Waals surface area contributed by atoms with Crippen molar-refractivity contribution < 1.29 is 0 Å². The molecule has 0 atom stereocenters. The molecule has 2 aromatic rings. The number of hydrogen-bond acceptors (Lipinski definition) is 4. The fraction of sp³-hybridized carbons (Fsp3) is 0.412. The Kier molecular flexibility index (Phi) is 5.36. The van der Waals surface area contributed by atoms with Crippen LogP contribution in [0.5, 0.6) is 0 Å². The van der Waals surface area contributed by atoms with Gasteiger partial charge >= 0.3 is 0 Å². The molecule has 0 spiro atoms. The second-order valence-corrected chi connectivity index (χ2v) is 6.66. The number of aryl methyl sites for hydroxylation is 1. The maximum atomic E-state index is 6.06. The molecule has 0 bridgehead atoms. The summed E-state index contributed by atoms with van der Waals surface area (Å²) in [4.78, 5) is 13.4. The van der Waals surface area contributed by atoms with Gasteiger partial charge in [-0.1, -0.05) is 35.3 Å². The van der Waals surface area contributed by atoms with Crippen LogP contribution in [0.2, 0.25) is 10.2 Å². The molecule has 1 aromatic heterocycles. The third-order valence-electron chi connectivity index (χ3n) is 4.03. The summed E-state index contributed by atoms with van der Waals surface area (Å²) in [7, 11) is 0. The average Bonchev–Trinajstić information content (AvgIpc) is 2.74. The van der Waals surface area contributed by atoms with E-state index >= 15 is 0 Å². The number of halogens is 2. The molecule has 23 heavy (non-hydrogen) atoms. The second kappa shape index (κ2) is 7.47. The maximum Gasteiger partial charge on any atom is 0.134 e. The van der Waals surface area contributed by atoms with Crippen LogP contribution in [0.4, 0.5) is 5.82 Å². The standard InChI is InChI=1S/C17H20Cl2N4/c1-13-20-16(19)11-17(21-13)23-8-2-7-22(9-10-23)12-14-3-5-15(18)6-4-14/h3-6,11H,2,7-10,12H2,1H3. The highest BCUT2D eigenvalue weighted by Crippen LogP contribution is 2.19. The zero-order valence-electron chi connectivity index (χ0n) is 13.2. The van der Waals surface area contributed by atoms with Gasteiger partial charge in [-0.25, -0.2) is 9.97 Å². The first-order valence-corrected chi connectivity index (χ1v) is 8.59. The van der Waals surface area contributed by atoms with E-state index in [1.165, 1.54) is 5.56 Å². The molecule has 1 aliphatic rings. The molecule has 2 heterocycles. The number of rotatable bonds is 3. The summed E-state index contributed by atoms with van der Waals surface area (Å²) in [6.45, 7) is 6.85. The van der Waals surface area contributed by atoms with Crippen molar-refractivity contribution in [2.45, 2.75) is 19.9 Å². The van der Waals surface area contributed by atoms with Crippen molar-refractivity contribution in [1.29, 1.82) is 0 Å². The topological polar surface area (TPSA) is 32.3 Å². The van der Waals surface area contributed by atoms with Crippen LogP contribution in [0, 0.1) is 6.92 Å². The number of nitrogens with zero attached hydrogens (tertiary/aromatic N) is 4. The van der Waals surface area contributed by atoms with E-state index in [0.717, 1.165) is 55.8 Å². The van der Waals surface area contributed by atoms with Crippen LogP contribution < -0.4 is 4.90 Å². The molecule has 4 nitrogen and oxygen atoms in total. The van der Waals surface area contributed by atoms with Crippen molar-refractivity contribution in [3.05, 3.63) is 51.9 Å². The number of anilines is 1. The Morgan fingerprint density at radius 1 is 1.00 bits per heavy atom. The van der Waals surface area contributed by atoms with Crippen LogP contribution in [-0.4, -0.2) is 41.0 Å². The van der Waals surface area contributed by atoms with E-state index < -0.39 is 0 Å². The molecule has 0 saturated carbocycles.